The van der Waals surface area contributed by atoms with Gasteiger partial charge in [0.25, 0.3) is 0 Å². The Morgan fingerprint density at radius 3 is 1.50 bits per heavy atom. The summed E-state index contributed by atoms with van der Waals surface area (Å²) in [6.45, 7) is 6.42. The fraction of sp³-hybridized carbons (Fsp3) is 0.667. The summed E-state index contributed by atoms with van der Waals surface area (Å²) >= 11 is 0. The molecule has 0 fully saturated rings. The second-order valence-electron chi connectivity index (χ2n) is 0.894. The topological polar surface area (TPSA) is 3.01 Å². The molecule has 4 heavy (non-hydrogen) atoms. The highest BCUT2D eigenvalue weighted by Crippen LogP contribution is 1.30. The first-order valence-corrected chi connectivity index (χ1v) is 1.12. The molecule has 2 radical (unpaired) electrons. The van der Waals surface area contributed by atoms with Crippen LogP contribution in [0.15, 0.2) is 0 Å². The van der Waals surface area contributed by atoms with Crippen molar-refractivity contribution in [3.8, 4) is 0 Å². The lowest BCUT2D eigenvalue weighted by molar-refractivity contribution is -0.454. The number of hydrogen-bond acceptors (Lipinski definition) is 0. The summed E-state index contributed by atoms with van der Waals surface area (Å²) in [7, 11) is 3.33. The van der Waals surface area contributed by atoms with Gasteiger partial charge >= 0.3 is 6.72 Å². The van der Waals surface area contributed by atoms with E-state index >= 15 is 0 Å². The van der Waals surface area contributed by atoms with Crippen molar-refractivity contribution in [2.45, 2.75) is 0 Å². The number of hydrogen-bond donors (Lipinski definition) is 0. The van der Waals surface area contributed by atoms with Crippen LogP contribution in [-0.2, 0) is 0 Å². The second kappa shape index (κ2) is 1.04. The predicted molar refractivity (Wildman–Crippen MR) is 17.1 cm³/mol. The van der Waals surface area contributed by atoms with Gasteiger partial charge in [-0.25, -0.2) is 4.58 Å². The Bertz CT molecular complexity index is 26.3. The molecule has 0 heterocycles. The van der Waals surface area contributed by atoms with Crippen molar-refractivity contribution in [3.63, 3.8) is 0 Å². The van der Waals surface area contributed by atoms with E-state index in [-0.39, 0.29) is 0 Å². The average molecular weight is 56.1 g/mol. The maximum Gasteiger partial charge on any atom is 0.357 e. The van der Waals surface area contributed by atoms with Crippen molar-refractivity contribution in [1.82, 2.24) is 0 Å². The molecule has 0 aromatic carbocycles. The molecule has 0 aromatic heterocycles. The van der Waals surface area contributed by atoms with Gasteiger partial charge in [0.2, 0.25) is 0 Å². The number of nitrogens with zero attached hydrogens (tertiary/aromatic N) is 1. The molecule has 0 rings (SSSR count). The van der Waals surface area contributed by atoms with Crippen LogP contribution in [0.25, 0.3) is 0 Å². The van der Waals surface area contributed by atoms with Crippen LogP contribution in [0.1, 0.15) is 0 Å². The zero-order valence-corrected chi connectivity index (χ0v) is 2.95. The van der Waals surface area contributed by atoms with Crippen LogP contribution >= 0.6 is 0 Å². The summed E-state index contributed by atoms with van der Waals surface area (Å²) in [6, 6.07) is 0. The summed E-state index contributed by atoms with van der Waals surface area (Å²) in [5.74, 6) is 0. The third-order valence-electron chi connectivity index (χ3n) is 0. The van der Waals surface area contributed by atoms with Crippen molar-refractivity contribution in [3.05, 3.63) is 0 Å². The van der Waals surface area contributed by atoms with Crippen molar-refractivity contribution in [1.29, 1.82) is 0 Å². The average Bonchev–Trinajstić information content (AvgIpc) is 0.811. The quantitative estimate of drug-likeness (QED) is 0.265. The van der Waals surface area contributed by atoms with E-state index in [9.17, 15) is 0 Å². The number of rotatable bonds is 0. The molecule has 0 amide bonds. The first-order valence-electron chi connectivity index (χ1n) is 1.12. The van der Waals surface area contributed by atoms with Gasteiger partial charge in [0.15, 0.2) is 0 Å². The van der Waals surface area contributed by atoms with Crippen LogP contribution < -0.4 is 0 Å². The maximum atomic E-state index is 6.42. The van der Waals surface area contributed by atoms with E-state index in [2.05, 4.69) is 0 Å². The zero-order valence-electron chi connectivity index (χ0n) is 2.95. The van der Waals surface area contributed by atoms with E-state index in [1.807, 2.05) is 0 Å². The van der Waals surface area contributed by atoms with Crippen LogP contribution in [-0.4, -0.2) is 25.4 Å². The first kappa shape index (κ1) is 3.67. The Kier molecular flexibility index (Phi) is 0.958. The first-order chi connectivity index (χ1) is 1.73. The third kappa shape index (κ3) is 6.88. The largest absolute Gasteiger partial charge is 0.357 e. The molecule has 0 aliphatic rings. The molecule has 0 aliphatic heterocycles. The smallest absolute Gasteiger partial charge is 0.223 e. The second-order valence-corrected chi connectivity index (χ2v) is 0.894. The molecule has 0 aromatic rings. The summed E-state index contributed by atoms with van der Waals surface area (Å²) in [5.41, 5.74) is 0. The highest BCUT2D eigenvalue weighted by atomic mass is 14.9. The van der Waals surface area contributed by atoms with E-state index < -0.39 is 0 Å². The molecule has 22 valence electrons. The van der Waals surface area contributed by atoms with Crippen molar-refractivity contribution >= 4 is 6.72 Å². The molecule has 1 nitrogen and oxygen atoms in total. The van der Waals surface area contributed by atoms with Crippen LogP contribution in [0.4, 0.5) is 0 Å². The molecular formula is C3H6N+. The Morgan fingerprint density at radius 1 is 1.50 bits per heavy atom. The van der Waals surface area contributed by atoms with Gasteiger partial charge in [-0.1, -0.05) is 0 Å². The molecule has 0 aliphatic carbocycles. The van der Waals surface area contributed by atoms with E-state index in [0.29, 0.717) is 0 Å². The molecule has 0 atom stereocenters. The van der Waals surface area contributed by atoms with Gasteiger partial charge in [-0.3, -0.25) is 0 Å². The normalized spacial score (nSPS) is 6.50. The van der Waals surface area contributed by atoms with Crippen molar-refractivity contribution < 1.29 is 4.58 Å². The van der Waals surface area contributed by atoms with E-state index in [1.165, 1.54) is 4.58 Å². The highest BCUT2D eigenvalue weighted by molar-refractivity contribution is 5.13. The van der Waals surface area contributed by atoms with Gasteiger partial charge in [-0.2, -0.15) is 0 Å². The van der Waals surface area contributed by atoms with Gasteiger partial charge in [0.1, 0.15) is 14.1 Å². The van der Waals surface area contributed by atoms with Gasteiger partial charge in [0, 0.05) is 0 Å². The van der Waals surface area contributed by atoms with E-state index in [0.717, 1.165) is 0 Å². The van der Waals surface area contributed by atoms with Gasteiger partial charge in [-0.05, 0) is 0 Å². The fourth-order valence-corrected chi connectivity index (χ4v) is 0. The van der Waals surface area contributed by atoms with E-state index in [1.54, 1.807) is 14.1 Å². The summed E-state index contributed by atoms with van der Waals surface area (Å²) in [4.78, 5) is 0. The Hall–Kier alpha value is -0.330. The van der Waals surface area contributed by atoms with Gasteiger partial charge in [-0.15, -0.1) is 0 Å². The van der Waals surface area contributed by atoms with E-state index in [4.69, 9.17) is 6.72 Å². The van der Waals surface area contributed by atoms with Crippen molar-refractivity contribution in [2.24, 2.45) is 0 Å². The van der Waals surface area contributed by atoms with Crippen LogP contribution in [0, 0.1) is 0 Å². The summed E-state index contributed by atoms with van der Waals surface area (Å²) in [5, 5.41) is 0. The monoisotopic (exact) mass is 56.0 g/mol. The Balaban J connectivity index is 2.80. The van der Waals surface area contributed by atoms with Crippen molar-refractivity contribution in [2.75, 3.05) is 14.1 Å². The molecule has 0 saturated heterocycles. The molecule has 0 unspecified atom stereocenters. The van der Waals surface area contributed by atoms with Crippen LogP contribution in [0.5, 0.6) is 0 Å². The summed E-state index contributed by atoms with van der Waals surface area (Å²) in [6.07, 6.45) is 0. The SMILES string of the molecule is [C]=[N+](C)C. The third-order valence-corrected chi connectivity index (χ3v) is 0. The molecule has 1 heteroatoms. The summed E-state index contributed by atoms with van der Waals surface area (Å²) < 4.78 is 1.25. The molecular weight excluding hydrogens is 50.0 g/mol. The minimum atomic E-state index is 1.25. The highest BCUT2D eigenvalue weighted by Gasteiger charge is 1.58. The molecule has 0 bridgehead atoms. The fourth-order valence-electron chi connectivity index (χ4n) is 0. The minimum absolute atomic E-state index is 1.25. The lowest BCUT2D eigenvalue weighted by Crippen LogP contribution is -1.86. The molecule has 0 N–H and O–H groups in total. The van der Waals surface area contributed by atoms with Crippen LogP contribution in [0.2, 0.25) is 0 Å². The van der Waals surface area contributed by atoms with Gasteiger partial charge < -0.3 is 0 Å². The molecule has 0 spiro atoms. The Labute approximate surface area is 26.6 Å². The van der Waals surface area contributed by atoms with Gasteiger partial charge in [0.05, 0.1) is 0 Å². The molecule has 0 saturated carbocycles. The Morgan fingerprint density at radius 2 is 1.50 bits per heavy atom. The lowest BCUT2D eigenvalue weighted by atomic mass is 11.1. The maximum absolute atomic E-state index is 6.42. The standard InChI is InChI=1S/C3H6N/c1-4(2)3/h1-2H3/q+1. The lowest BCUT2D eigenvalue weighted by Gasteiger charge is -1.62. The van der Waals surface area contributed by atoms with Crippen LogP contribution in [0.3, 0.4) is 0 Å². The minimum Gasteiger partial charge on any atom is -0.223 e. The zero-order chi connectivity index (χ0) is 3.58. The predicted octanol–water partition coefficient (Wildman–Crippen LogP) is -0.287.